The van der Waals surface area contributed by atoms with Gasteiger partial charge in [0.15, 0.2) is 4.80 Å². The number of benzene rings is 2. The van der Waals surface area contributed by atoms with Gasteiger partial charge in [-0.2, -0.15) is 0 Å². The lowest BCUT2D eigenvalue weighted by atomic mass is 9.96. The normalized spacial score (nSPS) is 16.0. The number of esters is 1. The topological polar surface area (TPSA) is 60.7 Å². The molecule has 32 heavy (non-hydrogen) atoms. The molecule has 0 N–H and O–H groups in total. The van der Waals surface area contributed by atoms with Gasteiger partial charge in [0.2, 0.25) is 0 Å². The summed E-state index contributed by atoms with van der Waals surface area (Å²) in [4.78, 5) is 31.4. The first-order valence-corrected chi connectivity index (χ1v) is 11.7. The van der Waals surface area contributed by atoms with Gasteiger partial charge in [0, 0.05) is 15.1 Å². The van der Waals surface area contributed by atoms with Gasteiger partial charge in [-0.3, -0.25) is 9.36 Å². The number of carbonyl (C=O) groups excluding carboxylic acids is 1. The Morgan fingerprint density at radius 2 is 1.84 bits per heavy atom. The second-order valence-electron chi connectivity index (χ2n) is 7.02. The zero-order valence-corrected chi connectivity index (χ0v) is 20.1. The van der Waals surface area contributed by atoms with Crippen molar-refractivity contribution in [1.29, 1.82) is 0 Å². The van der Waals surface area contributed by atoms with Crippen molar-refractivity contribution in [2.75, 3.05) is 6.61 Å². The van der Waals surface area contributed by atoms with E-state index in [1.165, 1.54) is 15.9 Å². The first-order valence-electron chi connectivity index (χ1n) is 9.70. The van der Waals surface area contributed by atoms with Crippen LogP contribution in [0, 0.1) is 0 Å². The average Bonchev–Trinajstić information content (AvgIpc) is 3.04. The summed E-state index contributed by atoms with van der Waals surface area (Å²) in [7, 11) is 0. The van der Waals surface area contributed by atoms with Crippen molar-refractivity contribution in [3.05, 3.63) is 99.6 Å². The van der Waals surface area contributed by atoms with Crippen LogP contribution < -0.4 is 14.9 Å². The molecule has 9 heteroatoms. The molecule has 0 saturated carbocycles. The Balaban J connectivity index is 1.96. The van der Waals surface area contributed by atoms with Crippen molar-refractivity contribution < 1.29 is 9.53 Å². The maximum Gasteiger partial charge on any atom is 0.338 e. The Bertz CT molecular complexity index is 1420. The van der Waals surface area contributed by atoms with E-state index >= 15 is 0 Å². The van der Waals surface area contributed by atoms with E-state index < -0.39 is 12.0 Å². The number of ether oxygens (including phenoxy) is 1. The van der Waals surface area contributed by atoms with Gasteiger partial charge in [-0.15, -0.1) is 0 Å². The molecule has 2 aromatic carbocycles. The van der Waals surface area contributed by atoms with Crippen molar-refractivity contribution in [3.8, 4) is 0 Å². The molecule has 1 aliphatic rings. The van der Waals surface area contributed by atoms with Crippen molar-refractivity contribution in [2.24, 2.45) is 4.99 Å². The molecule has 3 aromatic rings. The minimum absolute atomic E-state index is 0.211. The average molecular weight is 508 g/mol. The second kappa shape index (κ2) is 9.24. The number of fused-ring (bicyclic) bond motifs is 1. The maximum atomic E-state index is 13.5. The Kier molecular flexibility index (Phi) is 6.58. The van der Waals surface area contributed by atoms with Crippen LogP contribution in [0.2, 0.25) is 15.1 Å². The smallest absolute Gasteiger partial charge is 0.338 e. The highest BCUT2D eigenvalue weighted by molar-refractivity contribution is 7.07. The predicted molar refractivity (Wildman–Crippen MR) is 128 cm³/mol. The van der Waals surface area contributed by atoms with Crippen molar-refractivity contribution >= 4 is 58.2 Å². The summed E-state index contributed by atoms with van der Waals surface area (Å²) >= 11 is 19.6. The predicted octanol–water partition coefficient (Wildman–Crippen LogP) is 4.76. The van der Waals surface area contributed by atoms with E-state index in [9.17, 15) is 9.59 Å². The fourth-order valence-electron chi connectivity index (χ4n) is 3.51. The molecule has 1 atom stereocenters. The van der Waals surface area contributed by atoms with Crippen molar-refractivity contribution in [2.45, 2.75) is 19.9 Å². The van der Waals surface area contributed by atoms with E-state index in [1.807, 2.05) is 0 Å². The van der Waals surface area contributed by atoms with Crippen molar-refractivity contribution in [3.63, 3.8) is 0 Å². The SMILES string of the molecule is CCOC(=O)C1=C(C)N=c2sc(=Cc3ccc(Cl)cc3Cl)c(=O)n2C1c1ccc(Cl)cc1. The molecule has 0 fully saturated rings. The van der Waals surface area contributed by atoms with Gasteiger partial charge >= 0.3 is 5.97 Å². The molecule has 2 heterocycles. The van der Waals surface area contributed by atoms with E-state index in [2.05, 4.69) is 4.99 Å². The maximum absolute atomic E-state index is 13.5. The lowest BCUT2D eigenvalue weighted by Gasteiger charge is -2.24. The highest BCUT2D eigenvalue weighted by atomic mass is 35.5. The molecule has 0 amide bonds. The van der Waals surface area contributed by atoms with E-state index in [0.29, 0.717) is 41.2 Å². The molecular weight excluding hydrogens is 491 g/mol. The molecule has 1 aliphatic heterocycles. The van der Waals surface area contributed by atoms with Crippen LogP contribution in [0.15, 0.2) is 63.5 Å². The van der Waals surface area contributed by atoms with Crippen LogP contribution in [-0.4, -0.2) is 17.1 Å². The Hall–Kier alpha value is -2.38. The van der Waals surface area contributed by atoms with Gasteiger partial charge < -0.3 is 4.74 Å². The third kappa shape index (κ3) is 4.28. The summed E-state index contributed by atoms with van der Waals surface area (Å²) in [6.07, 6.45) is 1.70. The van der Waals surface area contributed by atoms with Crippen LogP contribution in [-0.2, 0) is 9.53 Å². The Morgan fingerprint density at radius 1 is 1.16 bits per heavy atom. The van der Waals surface area contributed by atoms with Gasteiger partial charge in [0.05, 0.1) is 28.5 Å². The number of allylic oxidation sites excluding steroid dienone is 1. The van der Waals surface area contributed by atoms with E-state index in [1.54, 1.807) is 62.4 Å². The van der Waals surface area contributed by atoms with Gasteiger partial charge in [0.1, 0.15) is 0 Å². The number of aromatic nitrogens is 1. The molecule has 164 valence electrons. The number of carbonyl (C=O) groups is 1. The minimum atomic E-state index is -0.689. The Labute approximate surface area is 202 Å². The fourth-order valence-corrected chi connectivity index (χ4v) is 5.14. The van der Waals surface area contributed by atoms with Crippen LogP contribution in [0.4, 0.5) is 0 Å². The lowest BCUT2D eigenvalue weighted by molar-refractivity contribution is -0.139. The summed E-state index contributed by atoms with van der Waals surface area (Å²) in [5.41, 5.74) is 1.92. The lowest BCUT2D eigenvalue weighted by Crippen LogP contribution is -2.39. The molecule has 0 aliphatic carbocycles. The van der Waals surface area contributed by atoms with Crippen LogP contribution in [0.3, 0.4) is 0 Å². The summed E-state index contributed by atoms with van der Waals surface area (Å²) < 4.78 is 7.23. The number of thiazole rings is 1. The second-order valence-corrected chi connectivity index (χ2v) is 9.31. The van der Waals surface area contributed by atoms with E-state index in [4.69, 9.17) is 39.5 Å². The molecule has 0 radical (unpaired) electrons. The van der Waals surface area contributed by atoms with Crippen LogP contribution in [0.5, 0.6) is 0 Å². The molecule has 1 aromatic heterocycles. The van der Waals surface area contributed by atoms with Gasteiger partial charge in [0.25, 0.3) is 5.56 Å². The highest BCUT2D eigenvalue weighted by Gasteiger charge is 2.33. The number of halogens is 3. The molecule has 0 bridgehead atoms. The van der Waals surface area contributed by atoms with Crippen molar-refractivity contribution in [1.82, 2.24) is 4.57 Å². The number of rotatable bonds is 4. The first kappa shape index (κ1) is 22.8. The summed E-state index contributed by atoms with van der Waals surface area (Å²) in [5.74, 6) is -0.510. The van der Waals surface area contributed by atoms with Crippen LogP contribution in [0.1, 0.15) is 31.0 Å². The standard InChI is InChI=1S/C23H17Cl3N2O3S/c1-3-31-22(30)19-12(2)27-23-28(20(19)13-4-7-15(24)8-5-13)21(29)18(32-23)10-14-6-9-16(25)11-17(14)26/h4-11,20H,3H2,1-2H3. The van der Waals surface area contributed by atoms with Crippen LogP contribution in [0.25, 0.3) is 6.08 Å². The molecule has 5 nitrogen and oxygen atoms in total. The third-order valence-electron chi connectivity index (χ3n) is 4.95. The number of nitrogens with zero attached hydrogens (tertiary/aromatic N) is 2. The van der Waals surface area contributed by atoms with E-state index in [-0.39, 0.29) is 12.2 Å². The van der Waals surface area contributed by atoms with Gasteiger partial charge in [-0.05, 0) is 55.3 Å². The zero-order valence-electron chi connectivity index (χ0n) is 17.1. The van der Waals surface area contributed by atoms with Gasteiger partial charge in [-0.1, -0.05) is 64.3 Å². The van der Waals surface area contributed by atoms with E-state index in [0.717, 1.165) is 5.56 Å². The summed E-state index contributed by atoms with van der Waals surface area (Å²) in [6, 6.07) is 11.4. The highest BCUT2D eigenvalue weighted by Crippen LogP contribution is 2.31. The number of hydrogen-bond acceptors (Lipinski definition) is 5. The van der Waals surface area contributed by atoms with Crippen LogP contribution >= 0.6 is 46.1 Å². The molecule has 4 rings (SSSR count). The molecule has 1 unspecified atom stereocenters. The summed E-state index contributed by atoms with van der Waals surface area (Å²) in [5, 5.41) is 1.49. The third-order valence-corrected chi connectivity index (χ3v) is 6.75. The zero-order chi connectivity index (χ0) is 23.0. The monoisotopic (exact) mass is 506 g/mol. The first-order chi connectivity index (χ1) is 15.3. The molecule has 0 spiro atoms. The minimum Gasteiger partial charge on any atom is -0.463 e. The van der Waals surface area contributed by atoms with Gasteiger partial charge in [-0.25, -0.2) is 9.79 Å². The molecule has 0 saturated heterocycles. The summed E-state index contributed by atoms with van der Waals surface area (Å²) in [6.45, 7) is 3.68. The Morgan fingerprint density at radius 3 is 2.50 bits per heavy atom. The molecular formula is C23H17Cl3N2O3S. The largest absolute Gasteiger partial charge is 0.463 e. The quantitative estimate of drug-likeness (QED) is 0.479. The number of hydrogen-bond donors (Lipinski definition) is 0. The fraction of sp³-hybridized carbons (Fsp3) is 0.174.